The Morgan fingerprint density at radius 2 is 1.61 bits per heavy atom. The molecular formula is C30H25N5O2S. The minimum Gasteiger partial charge on any atom is -0.493 e. The lowest BCUT2D eigenvalue weighted by Gasteiger charge is -2.09. The van der Waals surface area contributed by atoms with Gasteiger partial charge in [0.05, 0.1) is 16.8 Å². The highest BCUT2D eigenvalue weighted by Gasteiger charge is 2.15. The van der Waals surface area contributed by atoms with E-state index in [1.54, 1.807) is 0 Å². The van der Waals surface area contributed by atoms with Crippen LogP contribution in [0, 0.1) is 5.92 Å². The van der Waals surface area contributed by atoms with E-state index in [1.807, 2.05) is 102 Å². The minimum absolute atomic E-state index is 0.199. The lowest BCUT2D eigenvalue weighted by Crippen LogP contribution is -2.23. The van der Waals surface area contributed by atoms with Gasteiger partial charge in [0, 0.05) is 22.9 Å². The van der Waals surface area contributed by atoms with Crippen LogP contribution in [0.15, 0.2) is 95.9 Å². The fourth-order valence-electron chi connectivity index (χ4n) is 4.09. The molecule has 0 fully saturated rings. The van der Waals surface area contributed by atoms with E-state index in [1.165, 1.54) is 15.9 Å². The number of benzene rings is 3. The van der Waals surface area contributed by atoms with Gasteiger partial charge in [0.2, 0.25) is 4.96 Å². The maximum atomic E-state index is 13.3. The zero-order valence-corrected chi connectivity index (χ0v) is 21.8. The van der Waals surface area contributed by atoms with Gasteiger partial charge in [0.15, 0.2) is 5.82 Å². The van der Waals surface area contributed by atoms with Gasteiger partial charge >= 0.3 is 0 Å². The first-order valence-corrected chi connectivity index (χ1v) is 13.2. The predicted molar refractivity (Wildman–Crippen MR) is 151 cm³/mol. The fourth-order valence-corrected chi connectivity index (χ4v) is 4.99. The van der Waals surface area contributed by atoms with Gasteiger partial charge in [-0.05, 0) is 48.4 Å². The Hall–Kier alpha value is -4.56. The monoisotopic (exact) mass is 519 g/mol. The number of nitrogens with zero attached hydrogens (tertiary/aromatic N) is 5. The molecule has 6 aromatic rings. The van der Waals surface area contributed by atoms with E-state index in [0.29, 0.717) is 27.8 Å². The van der Waals surface area contributed by atoms with E-state index in [0.717, 1.165) is 33.8 Å². The van der Waals surface area contributed by atoms with Gasteiger partial charge in [-0.15, -0.1) is 5.10 Å². The first-order valence-electron chi connectivity index (χ1n) is 12.4. The molecule has 0 amide bonds. The summed E-state index contributed by atoms with van der Waals surface area (Å²) in [5.41, 5.74) is 4.14. The van der Waals surface area contributed by atoms with Crippen LogP contribution in [0.3, 0.4) is 0 Å². The van der Waals surface area contributed by atoms with Crippen LogP contribution in [0.2, 0.25) is 0 Å². The van der Waals surface area contributed by atoms with Gasteiger partial charge in [0.1, 0.15) is 11.4 Å². The lowest BCUT2D eigenvalue weighted by molar-refractivity contribution is 0.271. The molecule has 0 aliphatic rings. The van der Waals surface area contributed by atoms with Gasteiger partial charge in [-0.3, -0.25) is 4.79 Å². The molecule has 0 atom stereocenters. The van der Waals surface area contributed by atoms with Gasteiger partial charge in [-0.25, -0.2) is 4.68 Å². The van der Waals surface area contributed by atoms with Crippen molar-refractivity contribution in [2.45, 2.75) is 13.8 Å². The van der Waals surface area contributed by atoms with E-state index < -0.39 is 0 Å². The Labute approximate surface area is 223 Å². The van der Waals surface area contributed by atoms with E-state index >= 15 is 0 Å². The predicted octanol–water partition coefficient (Wildman–Crippen LogP) is 5.25. The molecule has 0 N–H and O–H groups in total. The summed E-state index contributed by atoms with van der Waals surface area (Å²) in [4.78, 5) is 18.4. The largest absolute Gasteiger partial charge is 0.493 e. The van der Waals surface area contributed by atoms with E-state index in [2.05, 4.69) is 23.9 Å². The normalized spacial score (nSPS) is 12.0. The third-order valence-corrected chi connectivity index (χ3v) is 6.93. The van der Waals surface area contributed by atoms with Crippen molar-refractivity contribution < 1.29 is 4.74 Å². The molecule has 0 spiro atoms. The summed E-state index contributed by atoms with van der Waals surface area (Å²) >= 11 is 1.32. The molecule has 6 rings (SSSR count). The molecule has 3 heterocycles. The topological polar surface area (TPSA) is 74.3 Å². The second kappa shape index (κ2) is 10.1. The van der Waals surface area contributed by atoms with Crippen LogP contribution < -0.4 is 14.8 Å². The highest BCUT2D eigenvalue weighted by Crippen LogP contribution is 2.27. The zero-order valence-electron chi connectivity index (χ0n) is 21.0. The summed E-state index contributed by atoms with van der Waals surface area (Å²) in [5, 5.41) is 9.35. The maximum absolute atomic E-state index is 13.3. The number of hydrogen-bond donors (Lipinski definition) is 0. The van der Waals surface area contributed by atoms with Crippen molar-refractivity contribution in [3.05, 3.63) is 112 Å². The molecule has 3 aromatic heterocycles. The second-order valence-corrected chi connectivity index (χ2v) is 10.4. The van der Waals surface area contributed by atoms with Crippen molar-refractivity contribution in [2.75, 3.05) is 6.61 Å². The minimum atomic E-state index is -0.199. The number of fused-ring (bicyclic) bond motifs is 1. The van der Waals surface area contributed by atoms with E-state index in [4.69, 9.17) is 9.84 Å². The number of aromatic nitrogens is 5. The number of hydrogen-bond acceptors (Lipinski definition) is 6. The number of para-hydroxylation sites is 1. The Bertz CT molecular complexity index is 1800. The molecule has 0 unspecified atom stereocenters. The van der Waals surface area contributed by atoms with Crippen LogP contribution in [-0.2, 0) is 0 Å². The summed E-state index contributed by atoms with van der Waals surface area (Å²) in [6, 6.07) is 27.5. The van der Waals surface area contributed by atoms with Crippen LogP contribution in [-0.4, -0.2) is 31.0 Å². The summed E-state index contributed by atoms with van der Waals surface area (Å²) in [5.74, 6) is 1.80. The van der Waals surface area contributed by atoms with Crippen LogP contribution in [0.1, 0.15) is 19.4 Å². The summed E-state index contributed by atoms with van der Waals surface area (Å²) in [6.45, 7) is 4.90. The van der Waals surface area contributed by atoms with Crippen molar-refractivity contribution in [1.29, 1.82) is 0 Å². The van der Waals surface area contributed by atoms with Crippen molar-refractivity contribution in [3.8, 4) is 34.1 Å². The van der Waals surface area contributed by atoms with Gasteiger partial charge < -0.3 is 4.74 Å². The van der Waals surface area contributed by atoms with Gasteiger partial charge in [0.25, 0.3) is 5.56 Å². The molecule has 0 bridgehead atoms. The first-order chi connectivity index (χ1) is 18.5. The van der Waals surface area contributed by atoms with Gasteiger partial charge in [-0.1, -0.05) is 73.7 Å². The van der Waals surface area contributed by atoms with Crippen molar-refractivity contribution in [3.63, 3.8) is 0 Å². The maximum Gasteiger partial charge on any atom is 0.291 e. The molecule has 0 aliphatic heterocycles. The smallest absolute Gasteiger partial charge is 0.291 e. The number of rotatable bonds is 7. The molecule has 0 saturated carbocycles. The lowest BCUT2D eigenvalue weighted by atomic mass is 10.1. The summed E-state index contributed by atoms with van der Waals surface area (Å²) < 4.78 is 9.61. The van der Waals surface area contributed by atoms with Crippen LogP contribution in [0.4, 0.5) is 0 Å². The van der Waals surface area contributed by atoms with E-state index in [9.17, 15) is 4.79 Å². The average Bonchev–Trinajstić information content (AvgIpc) is 3.64. The second-order valence-electron chi connectivity index (χ2n) is 9.35. The molecular weight excluding hydrogens is 494 g/mol. The molecule has 0 aliphatic carbocycles. The van der Waals surface area contributed by atoms with Crippen molar-refractivity contribution in [1.82, 2.24) is 24.4 Å². The molecule has 188 valence electrons. The highest BCUT2D eigenvalue weighted by atomic mass is 32.1. The SMILES string of the molecule is CC(C)COc1ccc(-c2nn(-c3ccccc3)cc2/C=c2\sc3nc(-c4ccccc4)nn3c2=O)cc1. The van der Waals surface area contributed by atoms with E-state index in [-0.39, 0.29) is 5.56 Å². The third-order valence-electron chi connectivity index (χ3n) is 5.97. The van der Waals surface area contributed by atoms with Crippen LogP contribution in [0.5, 0.6) is 5.75 Å². The Balaban J connectivity index is 1.42. The highest BCUT2D eigenvalue weighted by molar-refractivity contribution is 7.15. The third kappa shape index (κ3) is 4.73. The molecule has 7 nitrogen and oxygen atoms in total. The Kier molecular flexibility index (Phi) is 6.31. The summed E-state index contributed by atoms with van der Waals surface area (Å²) in [6.07, 6.45) is 3.81. The molecule has 8 heteroatoms. The number of thiazole rings is 1. The fraction of sp³-hybridized carbons (Fsp3) is 0.133. The first kappa shape index (κ1) is 23.8. The Morgan fingerprint density at radius 1 is 0.895 bits per heavy atom. The van der Waals surface area contributed by atoms with Crippen LogP contribution in [0.25, 0.3) is 39.4 Å². The molecule has 38 heavy (non-hydrogen) atoms. The number of ether oxygens (including phenoxy) is 1. The van der Waals surface area contributed by atoms with Crippen molar-refractivity contribution >= 4 is 22.4 Å². The molecule has 3 aromatic carbocycles. The van der Waals surface area contributed by atoms with Gasteiger partial charge in [-0.2, -0.15) is 14.6 Å². The summed E-state index contributed by atoms with van der Waals surface area (Å²) in [7, 11) is 0. The molecule has 0 saturated heterocycles. The quantitative estimate of drug-likeness (QED) is 0.288. The average molecular weight is 520 g/mol. The Morgan fingerprint density at radius 3 is 2.29 bits per heavy atom. The zero-order chi connectivity index (χ0) is 26.1. The standard InChI is InChI=1S/C30H25N5O2S/c1-20(2)19-37-25-15-13-21(14-16-25)27-23(18-34(32-27)24-11-7-4-8-12-24)17-26-29(36)35-30(38-26)31-28(33-35)22-9-5-3-6-10-22/h3-18,20H,19H2,1-2H3/b26-17-. The molecule has 0 radical (unpaired) electrons. The van der Waals surface area contributed by atoms with Crippen LogP contribution >= 0.6 is 11.3 Å². The van der Waals surface area contributed by atoms with Crippen molar-refractivity contribution in [2.24, 2.45) is 5.92 Å².